The van der Waals surface area contributed by atoms with Crippen molar-refractivity contribution in [2.45, 2.75) is 19.9 Å². The van der Waals surface area contributed by atoms with Crippen molar-refractivity contribution in [2.24, 2.45) is 7.05 Å². The molecule has 9 heteroatoms. The second kappa shape index (κ2) is 9.50. The van der Waals surface area contributed by atoms with E-state index in [4.69, 9.17) is 0 Å². The number of para-hydroxylation sites is 1. The monoisotopic (exact) mass is 515 g/mol. The van der Waals surface area contributed by atoms with Crippen molar-refractivity contribution < 1.29 is 4.79 Å². The molecule has 0 saturated heterocycles. The molecule has 39 heavy (non-hydrogen) atoms. The molecule has 6 aromatic rings. The van der Waals surface area contributed by atoms with Crippen LogP contribution >= 0.6 is 0 Å². The molecule has 1 N–H and O–H groups in total. The summed E-state index contributed by atoms with van der Waals surface area (Å²) in [4.78, 5) is 27.5. The van der Waals surface area contributed by atoms with Crippen LogP contribution in [0.25, 0.3) is 16.7 Å². The van der Waals surface area contributed by atoms with E-state index in [1.807, 2.05) is 100 Å². The van der Waals surface area contributed by atoms with Gasteiger partial charge in [-0.2, -0.15) is 10.2 Å². The Morgan fingerprint density at radius 3 is 2.59 bits per heavy atom. The molecule has 0 bridgehead atoms. The zero-order chi connectivity index (χ0) is 27.1. The fourth-order valence-electron chi connectivity index (χ4n) is 4.82. The SMILES string of the molecule is Cc1nn2ccccc2c1C(=O)N[C@@H](C)c1cc2ccc(C#Cc3cnn(C)c3)n2c(=O)n1-c1ccccc1. The van der Waals surface area contributed by atoms with Crippen molar-refractivity contribution >= 4 is 16.9 Å². The molecule has 0 unspecified atom stereocenters. The molecule has 9 nitrogen and oxygen atoms in total. The minimum Gasteiger partial charge on any atom is -0.344 e. The number of carbonyl (C=O) groups excluding carboxylic acids is 1. The Morgan fingerprint density at radius 1 is 1.03 bits per heavy atom. The van der Waals surface area contributed by atoms with E-state index in [9.17, 15) is 9.59 Å². The number of benzene rings is 1. The van der Waals surface area contributed by atoms with E-state index in [0.717, 1.165) is 11.1 Å². The summed E-state index contributed by atoms with van der Waals surface area (Å²) in [5.74, 6) is 5.93. The highest BCUT2D eigenvalue weighted by atomic mass is 16.2. The van der Waals surface area contributed by atoms with Crippen LogP contribution in [0.4, 0.5) is 0 Å². The summed E-state index contributed by atoms with van der Waals surface area (Å²) >= 11 is 0. The summed E-state index contributed by atoms with van der Waals surface area (Å²) in [6, 6.07) is 20.1. The standard InChI is InChI=1S/C30H25N7O2/c1-20(32-29(38)28-21(2)33-35-16-8-7-11-26(28)35)27-17-25-15-14-24(13-12-22-18-31-34(3)19-22)36(25)30(39)37(27)23-9-5-4-6-10-23/h4-11,14-20H,1-3H3,(H,32,38)/t20-/m0/s1. The first-order valence-electron chi connectivity index (χ1n) is 12.5. The molecule has 192 valence electrons. The third-order valence-corrected chi connectivity index (χ3v) is 6.64. The lowest BCUT2D eigenvalue weighted by Crippen LogP contribution is -2.34. The molecule has 1 atom stereocenters. The number of pyridine rings is 1. The van der Waals surface area contributed by atoms with E-state index in [1.165, 1.54) is 0 Å². The van der Waals surface area contributed by atoms with Crippen LogP contribution in [0.5, 0.6) is 0 Å². The Bertz CT molecular complexity index is 1980. The minimum atomic E-state index is -0.492. The van der Waals surface area contributed by atoms with Gasteiger partial charge in [0.2, 0.25) is 0 Å². The maximum atomic E-state index is 14.0. The third-order valence-electron chi connectivity index (χ3n) is 6.64. The number of carbonyl (C=O) groups is 1. The average Bonchev–Trinajstić information content (AvgIpc) is 3.63. The van der Waals surface area contributed by atoms with Crippen LogP contribution in [-0.2, 0) is 7.05 Å². The van der Waals surface area contributed by atoms with Gasteiger partial charge in [0.1, 0.15) is 5.69 Å². The van der Waals surface area contributed by atoms with Gasteiger partial charge in [-0.15, -0.1) is 0 Å². The van der Waals surface area contributed by atoms with E-state index < -0.39 is 6.04 Å². The number of nitrogens with zero attached hydrogens (tertiary/aromatic N) is 6. The topological polar surface area (TPSA) is 90.6 Å². The zero-order valence-corrected chi connectivity index (χ0v) is 21.7. The van der Waals surface area contributed by atoms with Gasteiger partial charge in [0, 0.05) is 19.4 Å². The van der Waals surface area contributed by atoms with E-state index >= 15 is 0 Å². The van der Waals surface area contributed by atoms with Crippen molar-refractivity contribution in [2.75, 3.05) is 0 Å². The number of amides is 1. The number of aryl methyl sites for hydroxylation is 2. The Labute approximate surface area is 223 Å². The van der Waals surface area contributed by atoms with Crippen molar-refractivity contribution in [3.05, 3.63) is 124 Å². The van der Waals surface area contributed by atoms with Gasteiger partial charge >= 0.3 is 5.69 Å². The lowest BCUT2D eigenvalue weighted by atomic mass is 10.1. The van der Waals surface area contributed by atoms with Crippen LogP contribution < -0.4 is 11.0 Å². The van der Waals surface area contributed by atoms with Crippen molar-refractivity contribution in [1.29, 1.82) is 0 Å². The van der Waals surface area contributed by atoms with Crippen LogP contribution in [0.1, 0.15) is 46.0 Å². The van der Waals surface area contributed by atoms with Gasteiger partial charge in [0.05, 0.1) is 51.5 Å². The van der Waals surface area contributed by atoms with Gasteiger partial charge < -0.3 is 5.32 Å². The van der Waals surface area contributed by atoms with E-state index in [0.29, 0.717) is 33.8 Å². The third kappa shape index (κ3) is 4.28. The Kier molecular flexibility index (Phi) is 5.85. The van der Waals surface area contributed by atoms with Crippen LogP contribution in [0, 0.1) is 18.8 Å². The van der Waals surface area contributed by atoms with E-state index in [1.54, 1.807) is 24.4 Å². The molecule has 0 aliphatic rings. The second-order valence-corrected chi connectivity index (χ2v) is 9.34. The molecule has 0 saturated carbocycles. The number of nitrogens with one attached hydrogen (secondary N) is 1. The van der Waals surface area contributed by atoms with Crippen molar-refractivity contribution in [1.82, 2.24) is 33.7 Å². The van der Waals surface area contributed by atoms with Gasteiger partial charge in [-0.05, 0) is 62.2 Å². The quantitative estimate of drug-likeness (QED) is 0.363. The Morgan fingerprint density at radius 2 is 1.82 bits per heavy atom. The van der Waals surface area contributed by atoms with Crippen LogP contribution in [0.3, 0.4) is 0 Å². The molecule has 1 aromatic carbocycles. The van der Waals surface area contributed by atoms with Gasteiger partial charge in [-0.1, -0.05) is 30.2 Å². The number of aromatic nitrogens is 6. The summed E-state index contributed by atoms with van der Waals surface area (Å²) in [6.45, 7) is 3.68. The molecular weight excluding hydrogens is 490 g/mol. The first-order valence-corrected chi connectivity index (χ1v) is 12.5. The predicted octanol–water partition coefficient (Wildman–Crippen LogP) is 3.67. The van der Waals surface area contributed by atoms with Gasteiger partial charge in [0.25, 0.3) is 5.91 Å². The maximum Gasteiger partial charge on any atom is 0.338 e. The van der Waals surface area contributed by atoms with Gasteiger partial charge in [-0.25, -0.2) is 9.31 Å². The molecule has 6 rings (SSSR count). The number of hydrogen-bond donors (Lipinski definition) is 1. The number of fused-ring (bicyclic) bond motifs is 2. The maximum absolute atomic E-state index is 14.0. The highest BCUT2D eigenvalue weighted by molar-refractivity contribution is 6.02. The summed E-state index contributed by atoms with van der Waals surface area (Å²) in [6.07, 6.45) is 5.31. The number of hydrogen-bond acceptors (Lipinski definition) is 4. The normalized spacial score (nSPS) is 11.9. The first-order chi connectivity index (χ1) is 18.9. The summed E-state index contributed by atoms with van der Waals surface area (Å²) < 4.78 is 6.58. The van der Waals surface area contributed by atoms with Crippen molar-refractivity contribution in [3.8, 4) is 17.5 Å². The summed E-state index contributed by atoms with van der Waals surface area (Å²) in [7, 11) is 1.83. The fourth-order valence-corrected chi connectivity index (χ4v) is 4.82. The molecule has 0 fully saturated rings. The first kappa shape index (κ1) is 24.0. The molecule has 0 aliphatic carbocycles. The Hall–Kier alpha value is -5.36. The molecular formula is C30H25N7O2. The van der Waals surface area contributed by atoms with Crippen LogP contribution in [0.15, 0.2) is 90.1 Å². The van der Waals surface area contributed by atoms with E-state index in [-0.39, 0.29) is 11.6 Å². The second-order valence-electron chi connectivity index (χ2n) is 9.34. The molecule has 0 aliphatic heterocycles. The lowest BCUT2D eigenvalue weighted by molar-refractivity contribution is 0.0939. The summed E-state index contributed by atoms with van der Waals surface area (Å²) in [5.41, 5.74) is 4.92. The minimum absolute atomic E-state index is 0.258. The smallest absolute Gasteiger partial charge is 0.338 e. The average molecular weight is 516 g/mol. The molecule has 5 aromatic heterocycles. The fraction of sp³-hybridized carbons (Fsp3) is 0.133. The molecule has 0 spiro atoms. The van der Waals surface area contributed by atoms with Crippen LogP contribution in [-0.4, -0.2) is 34.3 Å². The van der Waals surface area contributed by atoms with Gasteiger partial charge in [-0.3, -0.25) is 18.4 Å². The van der Waals surface area contributed by atoms with Gasteiger partial charge in [0.15, 0.2) is 0 Å². The lowest BCUT2D eigenvalue weighted by Gasteiger charge is -2.20. The molecule has 0 radical (unpaired) electrons. The van der Waals surface area contributed by atoms with Crippen molar-refractivity contribution in [3.63, 3.8) is 0 Å². The zero-order valence-electron chi connectivity index (χ0n) is 21.7. The van der Waals surface area contributed by atoms with E-state index in [2.05, 4.69) is 27.4 Å². The highest BCUT2D eigenvalue weighted by Crippen LogP contribution is 2.22. The highest BCUT2D eigenvalue weighted by Gasteiger charge is 2.22. The molecule has 5 heterocycles. The summed E-state index contributed by atoms with van der Waals surface area (Å²) in [5, 5.41) is 11.7. The predicted molar refractivity (Wildman–Crippen MR) is 148 cm³/mol. The largest absolute Gasteiger partial charge is 0.344 e. The number of rotatable bonds is 4. The molecule has 1 amide bonds. The van der Waals surface area contributed by atoms with Crippen LogP contribution in [0.2, 0.25) is 0 Å². The Balaban J connectivity index is 1.45.